The van der Waals surface area contributed by atoms with E-state index in [9.17, 15) is 18.0 Å². The molecule has 0 aromatic carbocycles. The molecule has 0 N–H and O–H groups in total. The molecule has 0 fully saturated rings. The summed E-state index contributed by atoms with van der Waals surface area (Å²) in [4.78, 5) is 14.6. The van der Waals surface area contributed by atoms with Crippen molar-refractivity contribution in [1.29, 1.82) is 0 Å². The fourth-order valence-corrected chi connectivity index (χ4v) is 1.10. The molecule has 0 saturated heterocycles. The summed E-state index contributed by atoms with van der Waals surface area (Å²) in [6, 6.07) is 0.818. The molecular weight excluding hydrogens is 223 g/mol. The second-order valence-electron chi connectivity index (χ2n) is 2.98. The van der Waals surface area contributed by atoms with Crippen LogP contribution in [0.15, 0.2) is 12.3 Å². The summed E-state index contributed by atoms with van der Waals surface area (Å²) in [6.45, 7) is 1.84. The highest BCUT2D eigenvalue weighted by Gasteiger charge is 2.15. The summed E-state index contributed by atoms with van der Waals surface area (Å²) >= 11 is 0. The van der Waals surface area contributed by atoms with Crippen LogP contribution in [0.25, 0.3) is 0 Å². The Morgan fingerprint density at radius 2 is 2.25 bits per heavy atom. The number of halogens is 3. The molecule has 0 aliphatic heterocycles. The maximum Gasteiger partial charge on any atom is 0.311 e. The number of alkyl halides is 2. The van der Waals surface area contributed by atoms with Crippen LogP contribution >= 0.6 is 0 Å². The molecule has 0 radical (unpaired) electrons. The van der Waals surface area contributed by atoms with Gasteiger partial charge in [0.2, 0.25) is 0 Å². The molecule has 0 amide bonds. The molecule has 0 aliphatic rings. The van der Waals surface area contributed by atoms with Gasteiger partial charge in [0.05, 0.1) is 24.3 Å². The summed E-state index contributed by atoms with van der Waals surface area (Å²) in [5.41, 5.74) is -0.701. The summed E-state index contributed by atoms with van der Waals surface area (Å²) < 4.78 is 42.0. The Bertz CT molecular complexity index is 382. The molecule has 88 valence electrons. The second-order valence-corrected chi connectivity index (χ2v) is 2.98. The van der Waals surface area contributed by atoms with Crippen molar-refractivity contribution < 1.29 is 22.7 Å². The molecular formula is C10H10F3NO2. The lowest BCUT2D eigenvalue weighted by Crippen LogP contribution is -2.09. The first-order valence-corrected chi connectivity index (χ1v) is 4.62. The predicted molar refractivity (Wildman–Crippen MR) is 49.5 cm³/mol. The van der Waals surface area contributed by atoms with Gasteiger partial charge in [0.15, 0.2) is 0 Å². The van der Waals surface area contributed by atoms with Gasteiger partial charge in [-0.15, -0.1) is 0 Å². The third kappa shape index (κ3) is 3.22. The Labute approximate surface area is 90.2 Å². The first kappa shape index (κ1) is 12.5. The maximum absolute atomic E-state index is 13.1. The first-order chi connectivity index (χ1) is 7.54. The third-order valence-electron chi connectivity index (χ3n) is 1.80. The zero-order valence-corrected chi connectivity index (χ0v) is 8.54. The van der Waals surface area contributed by atoms with Gasteiger partial charge in [-0.05, 0) is 13.0 Å². The van der Waals surface area contributed by atoms with Gasteiger partial charge in [-0.3, -0.25) is 9.78 Å². The number of hydrogen-bond donors (Lipinski definition) is 0. The van der Waals surface area contributed by atoms with E-state index in [-0.39, 0.29) is 18.7 Å². The Morgan fingerprint density at radius 3 is 2.75 bits per heavy atom. The fourth-order valence-electron chi connectivity index (χ4n) is 1.10. The predicted octanol–water partition coefficient (Wildman–Crippen LogP) is 2.26. The van der Waals surface area contributed by atoms with E-state index in [1.807, 2.05) is 0 Å². The number of pyridine rings is 1. The number of rotatable bonds is 4. The van der Waals surface area contributed by atoms with Gasteiger partial charge < -0.3 is 4.74 Å². The molecule has 1 aromatic heterocycles. The normalized spacial score (nSPS) is 10.6. The van der Waals surface area contributed by atoms with Crippen LogP contribution in [0.5, 0.6) is 0 Å². The van der Waals surface area contributed by atoms with Crippen molar-refractivity contribution >= 4 is 5.97 Å². The highest BCUT2D eigenvalue weighted by Crippen LogP contribution is 2.21. The number of hydrogen-bond acceptors (Lipinski definition) is 3. The summed E-state index contributed by atoms with van der Waals surface area (Å²) in [5, 5.41) is 0. The average Bonchev–Trinajstić information content (AvgIpc) is 2.17. The Kier molecular flexibility index (Phi) is 4.28. The molecule has 16 heavy (non-hydrogen) atoms. The van der Waals surface area contributed by atoms with Gasteiger partial charge in [0.1, 0.15) is 5.82 Å². The van der Waals surface area contributed by atoms with Crippen LogP contribution in [0.2, 0.25) is 0 Å². The Hall–Kier alpha value is -1.59. The Balaban J connectivity index is 2.77. The van der Waals surface area contributed by atoms with E-state index in [1.165, 1.54) is 0 Å². The van der Waals surface area contributed by atoms with E-state index in [0.717, 1.165) is 12.3 Å². The summed E-state index contributed by atoms with van der Waals surface area (Å²) in [6.07, 6.45) is -2.41. The number of carbonyl (C=O) groups is 1. The molecule has 0 unspecified atom stereocenters. The molecule has 1 heterocycles. The highest BCUT2D eigenvalue weighted by molar-refractivity contribution is 5.71. The molecule has 1 aromatic rings. The molecule has 0 atom stereocenters. The van der Waals surface area contributed by atoms with Gasteiger partial charge in [-0.1, -0.05) is 0 Å². The van der Waals surface area contributed by atoms with Crippen LogP contribution < -0.4 is 0 Å². The quantitative estimate of drug-likeness (QED) is 0.749. The van der Waals surface area contributed by atoms with E-state index in [1.54, 1.807) is 6.92 Å². The number of aromatic nitrogens is 1. The van der Waals surface area contributed by atoms with Crippen molar-refractivity contribution in [2.45, 2.75) is 19.8 Å². The lowest BCUT2D eigenvalue weighted by atomic mass is 10.2. The molecule has 0 spiro atoms. The van der Waals surface area contributed by atoms with E-state index in [0.29, 0.717) is 0 Å². The van der Waals surface area contributed by atoms with Gasteiger partial charge in [0, 0.05) is 6.20 Å². The number of ether oxygens (including phenoxy) is 1. The number of carbonyl (C=O) groups excluding carboxylic acids is 1. The van der Waals surface area contributed by atoms with Crippen molar-refractivity contribution in [2.24, 2.45) is 0 Å². The minimum absolute atomic E-state index is 0.0698. The van der Waals surface area contributed by atoms with Crippen molar-refractivity contribution in [2.75, 3.05) is 6.61 Å². The topological polar surface area (TPSA) is 39.2 Å². The zero-order chi connectivity index (χ0) is 12.1. The van der Waals surface area contributed by atoms with E-state index < -0.39 is 23.8 Å². The van der Waals surface area contributed by atoms with Crippen molar-refractivity contribution in [3.05, 3.63) is 29.3 Å². The molecule has 1 rings (SSSR count). The SMILES string of the molecule is CCOC(=O)Cc1cc(F)c(C(F)F)cn1. The monoisotopic (exact) mass is 233 g/mol. The maximum atomic E-state index is 13.1. The standard InChI is InChI=1S/C10H10F3NO2/c1-2-16-9(15)4-6-3-8(11)7(5-14-6)10(12)13/h3,5,10H,2,4H2,1H3. The summed E-state index contributed by atoms with van der Waals surface area (Å²) in [5.74, 6) is -1.64. The van der Waals surface area contributed by atoms with Crippen LogP contribution in [-0.4, -0.2) is 17.6 Å². The van der Waals surface area contributed by atoms with Crippen LogP contribution in [0, 0.1) is 5.82 Å². The van der Waals surface area contributed by atoms with Crippen molar-refractivity contribution in [3.63, 3.8) is 0 Å². The van der Waals surface area contributed by atoms with Gasteiger partial charge >= 0.3 is 5.97 Å². The second kappa shape index (κ2) is 5.48. The van der Waals surface area contributed by atoms with Crippen molar-refractivity contribution in [3.8, 4) is 0 Å². The molecule has 0 saturated carbocycles. The van der Waals surface area contributed by atoms with Gasteiger partial charge in [-0.2, -0.15) is 0 Å². The minimum Gasteiger partial charge on any atom is -0.466 e. The number of nitrogens with zero attached hydrogens (tertiary/aromatic N) is 1. The third-order valence-corrected chi connectivity index (χ3v) is 1.80. The van der Waals surface area contributed by atoms with Crippen LogP contribution in [0.4, 0.5) is 13.2 Å². The van der Waals surface area contributed by atoms with E-state index in [4.69, 9.17) is 0 Å². The highest BCUT2D eigenvalue weighted by atomic mass is 19.3. The lowest BCUT2D eigenvalue weighted by Gasteiger charge is -2.04. The van der Waals surface area contributed by atoms with Crippen LogP contribution in [0.1, 0.15) is 24.6 Å². The lowest BCUT2D eigenvalue weighted by molar-refractivity contribution is -0.142. The molecule has 3 nitrogen and oxygen atoms in total. The van der Waals surface area contributed by atoms with E-state index >= 15 is 0 Å². The van der Waals surface area contributed by atoms with Gasteiger partial charge in [-0.25, -0.2) is 13.2 Å². The summed E-state index contributed by atoms with van der Waals surface area (Å²) in [7, 11) is 0. The zero-order valence-electron chi connectivity index (χ0n) is 8.54. The van der Waals surface area contributed by atoms with Crippen LogP contribution in [-0.2, 0) is 16.0 Å². The van der Waals surface area contributed by atoms with Crippen molar-refractivity contribution in [1.82, 2.24) is 4.98 Å². The molecule has 6 heteroatoms. The molecule has 0 bridgehead atoms. The fraction of sp³-hybridized carbons (Fsp3) is 0.400. The molecule has 0 aliphatic carbocycles. The minimum atomic E-state index is -2.91. The van der Waals surface area contributed by atoms with E-state index in [2.05, 4.69) is 9.72 Å². The van der Waals surface area contributed by atoms with Gasteiger partial charge in [0.25, 0.3) is 6.43 Å². The average molecular weight is 233 g/mol. The largest absolute Gasteiger partial charge is 0.466 e. The number of esters is 1. The smallest absolute Gasteiger partial charge is 0.311 e. The Morgan fingerprint density at radius 1 is 1.56 bits per heavy atom. The first-order valence-electron chi connectivity index (χ1n) is 4.62. The van der Waals surface area contributed by atoms with Crippen LogP contribution in [0.3, 0.4) is 0 Å².